The second-order valence-corrected chi connectivity index (χ2v) is 8.66. The third-order valence-corrected chi connectivity index (χ3v) is 5.73. The number of aliphatic hydroxyl groups excluding tert-OH is 1. The van der Waals surface area contributed by atoms with Crippen LogP contribution >= 0.6 is 11.6 Å². The molecule has 176 valence electrons. The molecule has 0 bridgehead atoms. The summed E-state index contributed by atoms with van der Waals surface area (Å²) in [5.41, 5.74) is 2.21. The number of likely N-dealkylation sites (tertiary alicyclic amines) is 1. The third kappa shape index (κ3) is 5.57. The number of rotatable bonds is 9. The molecule has 7 heteroatoms. The maximum Gasteiger partial charge on any atom is 0.295 e. The molecule has 1 atom stereocenters. The lowest BCUT2D eigenvalue weighted by Crippen LogP contribution is -2.31. The molecule has 3 rings (SSSR count). The summed E-state index contributed by atoms with van der Waals surface area (Å²) in [4.78, 5) is 27.6. The second-order valence-electron chi connectivity index (χ2n) is 8.25. The van der Waals surface area contributed by atoms with Crippen LogP contribution in [0.25, 0.3) is 5.76 Å². The standard InChI is InChI=1S/C26H30ClNO5/c1-5-32-21-12-11-19(15-20(21)27)24(29)22-23(18-9-7-17(4)8-10-18)28(26(31)25(22)30)13-6-14-33-16(2)3/h7-12,15-16,23,29H,5-6,13-14H2,1-4H3/b24-22+. The van der Waals surface area contributed by atoms with Crippen molar-refractivity contribution < 1.29 is 24.2 Å². The van der Waals surface area contributed by atoms with Crippen molar-refractivity contribution in [2.24, 2.45) is 0 Å². The maximum absolute atomic E-state index is 13.1. The van der Waals surface area contributed by atoms with Crippen LogP contribution in [0.15, 0.2) is 48.0 Å². The van der Waals surface area contributed by atoms with E-state index in [1.807, 2.05) is 52.0 Å². The molecule has 0 aromatic heterocycles. The molecule has 1 aliphatic rings. The first kappa shape index (κ1) is 24.8. The van der Waals surface area contributed by atoms with Crippen LogP contribution in [-0.2, 0) is 14.3 Å². The molecule has 2 aromatic carbocycles. The normalized spacial score (nSPS) is 17.8. The van der Waals surface area contributed by atoms with Crippen molar-refractivity contribution in [2.45, 2.75) is 46.3 Å². The first-order valence-electron chi connectivity index (χ1n) is 11.1. The van der Waals surface area contributed by atoms with E-state index in [1.54, 1.807) is 12.1 Å². The van der Waals surface area contributed by atoms with Gasteiger partial charge in [-0.15, -0.1) is 0 Å². The summed E-state index contributed by atoms with van der Waals surface area (Å²) in [6, 6.07) is 11.7. The number of ether oxygens (including phenoxy) is 2. The number of Topliss-reactive ketones (excluding diaryl/α,β-unsaturated/α-hetero) is 1. The zero-order chi connectivity index (χ0) is 24.1. The summed E-state index contributed by atoms with van der Waals surface area (Å²) < 4.78 is 11.1. The van der Waals surface area contributed by atoms with Crippen molar-refractivity contribution >= 4 is 29.1 Å². The van der Waals surface area contributed by atoms with Gasteiger partial charge in [0, 0.05) is 18.7 Å². The minimum atomic E-state index is -0.715. The number of amides is 1. The van der Waals surface area contributed by atoms with Crippen LogP contribution in [0, 0.1) is 6.92 Å². The Morgan fingerprint density at radius 2 is 1.85 bits per heavy atom. The van der Waals surface area contributed by atoms with Crippen LogP contribution in [0.2, 0.25) is 5.02 Å². The van der Waals surface area contributed by atoms with Gasteiger partial charge in [-0.25, -0.2) is 0 Å². The Bertz CT molecular complexity index is 1050. The van der Waals surface area contributed by atoms with E-state index in [0.29, 0.717) is 42.5 Å². The van der Waals surface area contributed by atoms with Crippen LogP contribution < -0.4 is 4.74 Å². The highest BCUT2D eigenvalue weighted by Gasteiger charge is 2.45. The molecule has 6 nitrogen and oxygen atoms in total. The summed E-state index contributed by atoms with van der Waals surface area (Å²) in [5.74, 6) is -1.13. The summed E-state index contributed by atoms with van der Waals surface area (Å²) in [7, 11) is 0. The van der Waals surface area contributed by atoms with Crippen molar-refractivity contribution in [3.8, 4) is 5.75 Å². The van der Waals surface area contributed by atoms with Crippen LogP contribution in [0.5, 0.6) is 5.75 Å². The predicted octanol–water partition coefficient (Wildman–Crippen LogP) is 5.28. The van der Waals surface area contributed by atoms with Gasteiger partial charge in [-0.3, -0.25) is 9.59 Å². The molecular formula is C26H30ClNO5. The number of hydrogen-bond donors (Lipinski definition) is 1. The lowest BCUT2D eigenvalue weighted by Gasteiger charge is -2.25. The Labute approximate surface area is 199 Å². The van der Waals surface area contributed by atoms with Gasteiger partial charge in [-0.1, -0.05) is 41.4 Å². The number of aryl methyl sites for hydroxylation is 1. The molecule has 1 N–H and O–H groups in total. The zero-order valence-electron chi connectivity index (χ0n) is 19.4. The van der Waals surface area contributed by atoms with Gasteiger partial charge in [0.25, 0.3) is 11.7 Å². The highest BCUT2D eigenvalue weighted by molar-refractivity contribution is 6.46. The minimum absolute atomic E-state index is 0.0499. The molecule has 0 saturated carbocycles. The summed E-state index contributed by atoms with van der Waals surface area (Å²) in [6.45, 7) is 8.95. The fourth-order valence-electron chi connectivity index (χ4n) is 3.84. The van der Waals surface area contributed by atoms with Crippen molar-refractivity contribution in [2.75, 3.05) is 19.8 Å². The number of nitrogens with zero attached hydrogens (tertiary/aromatic N) is 1. The zero-order valence-corrected chi connectivity index (χ0v) is 20.2. The number of hydrogen-bond acceptors (Lipinski definition) is 5. The molecule has 1 fully saturated rings. The average molecular weight is 472 g/mol. The summed E-state index contributed by atoms with van der Waals surface area (Å²) >= 11 is 6.30. The van der Waals surface area contributed by atoms with Gasteiger partial charge in [0.05, 0.1) is 29.3 Å². The Hall–Kier alpha value is -2.83. The van der Waals surface area contributed by atoms with Gasteiger partial charge in [-0.2, -0.15) is 0 Å². The Kier molecular flexibility index (Phi) is 8.16. The van der Waals surface area contributed by atoms with Gasteiger partial charge in [0.2, 0.25) is 0 Å². The lowest BCUT2D eigenvalue weighted by molar-refractivity contribution is -0.140. The number of carbonyl (C=O) groups is 2. The topological polar surface area (TPSA) is 76.1 Å². The van der Waals surface area contributed by atoms with E-state index in [1.165, 1.54) is 11.0 Å². The fraction of sp³-hybridized carbons (Fsp3) is 0.385. The highest BCUT2D eigenvalue weighted by atomic mass is 35.5. The third-order valence-electron chi connectivity index (χ3n) is 5.43. The van der Waals surface area contributed by atoms with Gasteiger partial charge in [-0.05, 0) is 57.9 Å². The monoisotopic (exact) mass is 471 g/mol. The summed E-state index contributed by atoms with van der Waals surface area (Å²) in [5, 5.41) is 11.5. The van der Waals surface area contributed by atoms with Gasteiger partial charge < -0.3 is 19.5 Å². The van der Waals surface area contributed by atoms with E-state index in [2.05, 4.69) is 0 Å². The first-order chi connectivity index (χ1) is 15.7. The summed E-state index contributed by atoms with van der Waals surface area (Å²) in [6.07, 6.45) is 0.653. The van der Waals surface area contributed by atoms with E-state index in [9.17, 15) is 14.7 Å². The van der Waals surface area contributed by atoms with Crippen molar-refractivity contribution in [1.82, 2.24) is 4.90 Å². The Morgan fingerprint density at radius 1 is 1.15 bits per heavy atom. The quantitative estimate of drug-likeness (QED) is 0.233. The van der Waals surface area contributed by atoms with Crippen LogP contribution in [0.1, 0.15) is 49.9 Å². The van der Waals surface area contributed by atoms with E-state index in [4.69, 9.17) is 21.1 Å². The number of carbonyl (C=O) groups excluding carboxylic acids is 2. The molecule has 1 unspecified atom stereocenters. The van der Waals surface area contributed by atoms with Crippen LogP contribution in [0.3, 0.4) is 0 Å². The number of benzene rings is 2. The van der Waals surface area contributed by atoms with Gasteiger partial charge in [0.15, 0.2) is 0 Å². The predicted molar refractivity (Wildman–Crippen MR) is 129 cm³/mol. The number of aliphatic hydroxyl groups is 1. The molecular weight excluding hydrogens is 442 g/mol. The van der Waals surface area contributed by atoms with Crippen molar-refractivity contribution in [1.29, 1.82) is 0 Å². The first-order valence-corrected chi connectivity index (χ1v) is 11.5. The lowest BCUT2D eigenvalue weighted by atomic mass is 9.94. The smallest absolute Gasteiger partial charge is 0.295 e. The molecule has 33 heavy (non-hydrogen) atoms. The second kappa shape index (κ2) is 10.9. The minimum Gasteiger partial charge on any atom is -0.507 e. The highest BCUT2D eigenvalue weighted by Crippen LogP contribution is 2.40. The maximum atomic E-state index is 13.1. The molecule has 1 aliphatic heterocycles. The van der Waals surface area contributed by atoms with Gasteiger partial charge >= 0.3 is 0 Å². The molecule has 0 aliphatic carbocycles. The molecule has 1 heterocycles. The van der Waals surface area contributed by atoms with Gasteiger partial charge in [0.1, 0.15) is 11.5 Å². The van der Waals surface area contributed by atoms with Crippen LogP contribution in [-0.4, -0.2) is 47.6 Å². The molecule has 1 amide bonds. The molecule has 1 saturated heterocycles. The molecule has 2 aromatic rings. The van der Waals surface area contributed by atoms with E-state index < -0.39 is 17.7 Å². The fourth-order valence-corrected chi connectivity index (χ4v) is 4.07. The van der Waals surface area contributed by atoms with E-state index >= 15 is 0 Å². The number of halogens is 1. The van der Waals surface area contributed by atoms with Crippen LogP contribution in [0.4, 0.5) is 0 Å². The largest absolute Gasteiger partial charge is 0.507 e. The Morgan fingerprint density at radius 3 is 2.45 bits per heavy atom. The Balaban J connectivity index is 2.03. The molecule has 0 radical (unpaired) electrons. The average Bonchev–Trinajstić information content (AvgIpc) is 3.03. The van der Waals surface area contributed by atoms with E-state index in [-0.39, 0.29) is 17.4 Å². The SMILES string of the molecule is CCOc1ccc(/C(O)=C2\C(=O)C(=O)N(CCCOC(C)C)C2c2ccc(C)cc2)cc1Cl. The van der Waals surface area contributed by atoms with E-state index in [0.717, 1.165) is 11.1 Å². The number of ketones is 1. The van der Waals surface area contributed by atoms with Crippen molar-refractivity contribution in [3.05, 3.63) is 69.8 Å². The molecule has 0 spiro atoms. The van der Waals surface area contributed by atoms with Crippen molar-refractivity contribution in [3.63, 3.8) is 0 Å².